The summed E-state index contributed by atoms with van der Waals surface area (Å²) in [7, 11) is 0. The zero-order valence-electron chi connectivity index (χ0n) is 14.3. The van der Waals surface area contributed by atoms with Crippen molar-refractivity contribution in [3.8, 4) is 0 Å². The fourth-order valence-electron chi connectivity index (χ4n) is 4.01. The van der Waals surface area contributed by atoms with Crippen LogP contribution in [-0.4, -0.2) is 27.3 Å². The number of nitrogens with zero attached hydrogens (tertiary/aromatic N) is 1. The van der Waals surface area contributed by atoms with Crippen LogP contribution in [0.3, 0.4) is 0 Å². The first-order valence-corrected chi connectivity index (χ1v) is 10.5. The van der Waals surface area contributed by atoms with Gasteiger partial charge < -0.3 is 19.9 Å². The van der Waals surface area contributed by atoms with Crippen molar-refractivity contribution >= 4 is 37.5 Å². The van der Waals surface area contributed by atoms with E-state index in [1.165, 1.54) is 5.56 Å². The quantitative estimate of drug-likeness (QED) is 0.596. The zero-order valence-corrected chi connectivity index (χ0v) is 17.5. The van der Waals surface area contributed by atoms with Crippen LogP contribution in [0, 0.1) is 0 Å². The Labute approximate surface area is 169 Å². The summed E-state index contributed by atoms with van der Waals surface area (Å²) in [6, 6.07) is 8.33. The number of benzene rings is 1. The lowest BCUT2D eigenvalue weighted by Gasteiger charge is -2.44. The normalized spacial score (nSPS) is 26.4. The largest absolute Gasteiger partial charge is 0.460 e. The van der Waals surface area contributed by atoms with E-state index in [0.29, 0.717) is 11.8 Å². The molecule has 2 aromatic rings. The van der Waals surface area contributed by atoms with Crippen molar-refractivity contribution in [1.29, 1.82) is 0 Å². The minimum absolute atomic E-state index is 0.0967. The molecule has 0 amide bonds. The van der Waals surface area contributed by atoms with Gasteiger partial charge in [0.15, 0.2) is 0 Å². The number of halogens is 2. The summed E-state index contributed by atoms with van der Waals surface area (Å²) in [5.74, 6) is 1.38. The standard InChI is InChI=1S/C19H22Br2N2O3/c20-12-7-11-9-23(13-1-3-14(25)4-2-13)19(22-18(11)16(21)8-12)17-6-5-15(10-24)26-17/h5-8,13-14,19,22,24-25H,1-4,9-10H2. The van der Waals surface area contributed by atoms with E-state index in [4.69, 9.17) is 4.42 Å². The Balaban J connectivity index is 1.70. The van der Waals surface area contributed by atoms with E-state index in [1.54, 1.807) is 0 Å². The molecule has 0 spiro atoms. The Morgan fingerprint density at radius 1 is 1.15 bits per heavy atom. The number of hydrogen-bond donors (Lipinski definition) is 3. The van der Waals surface area contributed by atoms with Crippen LogP contribution in [0.25, 0.3) is 0 Å². The first kappa shape index (κ1) is 18.5. The van der Waals surface area contributed by atoms with E-state index in [1.807, 2.05) is 18.2 Å². The average Bonchev–Trinajstić information content (AvgIpc) is 3.10. The van der Waals surface area contributed by atoms with Gasteiger partial charge in [0, 0.05) is 21.5 Å². The highest BCUT2D eigenvalue weighted by atomic mass is 79.9. The van der Waals surface area contributed by atoms with Gasteiger partial charge in [-0.05, 0) is 71.4 Å². The molecule has 0 bridgehead atoms. The number of aliphatic hydroxyl groups excluding tert-OH is 2. The summed E-state index contributed by atoms with van der Waals surface area (Å²) >= 11 is 7.24. The lowest BCUT2D eigenvalue weighted by Crippen LogP contribution is -2.46. The molecule has 7 heteroatoms. The highest BCUT2D eigenvalue weighted by Gasteiger charge is 2.36. The third-order valence-corrected chi connectivity index (χ3v) is 6.43. The van der Waals surface area contributed by atoms with Crippen molar-refractivity contribution in [2.75, 3.05) is 5.32 Å². The van der Waals surface area contributed by atoms with Crippen LogP contribution in [0.2, 0.25) is 0 Å². The van der Waals surface area contributed by atoms with Crippen LogP contribution < -0.4 is 5.32 Å². The number of aliphatic hydroxyl groups is 2. The molecule has 0 saturated heterocycles. The number of furan rings is 1. The summed E-state index contributed by atoms with van der Waals surface area (Å²) in [5, 5.41) is 22.9. The molecule has 26 heavy (non-hydrogen) atoms. The molecule has 4 rings (SSSR count). The van der Waals surface area contributed by atoms with Gasteiger partial charge in [0.25, 0.3) is 0 Å². The van der Waals surface area contributed by atoms with Crippen molar-refractivity contribution in [2.45, 2.75) is 57.1 Å². The van der Waals surface area contributed by atoms with Crippen LogP contribution in [0.15, 0.2) is 37.6 Å². The van der Waals surface area contributed by atoms with Crippen LogP contribution >= 0.6 is 31.9 Å². The van der Waals surface area contributed by atoms with Crippen LogP contribution in [0.5, 0.6) is 0 Å². The zero-order chi connectivity index (χ0) is 18.3. The molecular weight excluding hydrogens is 464 g/mol. The van der Waals surface area contributed by atoms with E-state index < -0.39 is 0 Å². The van der Waals surface area contributed by atoms with Crippen LogP contribution in [0.4, 0.5) is 5.69 Å². The highest BCUT2D eigenvalue weighted by Crippen LogP contribution is 2.42. The minimum atomic E-state index is -0.178. The summed E-state index contributed by atoms with van der Waals surface area (Å²) in [6.45, 7) is 0.705. The van der Waals surface area contributed by atoms with Gasteiger partial charge in [0.05, 0.1) is 11.8 Å². The molecule has 0 radical (unpaired) electrons. The molecular formula is C19H22Br2N2O3. The Morgan fingerprint density at radius 3 is 2.62 bits per heavy atom. The van der Waals surface area contributed by atoms with Crippen molar-refractivity contribution in [1.82, 2.24) is 4.90 Å². The van der Waals surface area contributed by atoms with Gasteiger partial charge in [-0.1, -0.05) is 15.9 Å². The summed E-state index contributed by atoms with van der Waals surface area (Å²) < 4.78 is 7.92. The van der Waals surface area contributed by atoms with Gasteiger partial charge in [-0.15, -0.1) is 0 Å². The predicted octanol–water partition coefficient (Wildman–Crippen LogP) is 4.53. The molecule has 1 saturated carbocycles. The maximum absolute atomic E-state index is 9.88. The molecule has 140 valence electrons. The summed E-state index contributed by atoms with van der Waals surface area (Å²) in [6.07, 6.45) is 3.34. The Kier molecular flexibility index (Phi) is 5.43. The molecule has 1 unspecified atom stereocenters. The number of anilines is 1. The minimum Gasteiger partial charge on any atom is -0.460 e. The number of fused-ring (bicyclic) bond motifs is 1. The molecule has 1 aromatic heterocycles. The highest BCUT2D eigenvalue weighted by molar-refractivity contribution is 9.11. The third-order valence-electron chi connectivity index (χ3n) is 5.35. The van der Waals surface area contributed by atoms with E-state index in [0.717, 1.165) is 52.6 Å². The molecule has 2 heterocycles. The van der Waals surface area contributed by atoms with Gasteiger partial charge in [0.1, 0.15) is 24.3 Å². The third kappa shape index (κ3) is 3.60. The maximum Gasteiger partial charge on any atom is 0.141 e. The fourth-order valence-corrected chi connectivity index (χ4v) is 5.44. The predicted molar refractivity (Wildman–Crippen MR) is 107 cm³/mol. The van der Waals surface area contributed by atoms with Crippen molar-refractivity contribution in [2.24, 2.45) is 0 Å². The Morgan fingerprint density at radius 2 is 1.92 bits per heavy atom. The van der Waals surface area contributed by atoms with E-state index >= 15 is 0 Å². The second-order valence-electron chi connectivity index (χ2n) is 7.07. The Hall–Kier alpha value is -0.860. The number of nitrogens with one attached hydrogen (secondary N) is 1. The average molecular weight is 486 g/mol. The Bertz CT molecular complexity index is 787. The van der Waals surface area contributed by atoms with Crippen molar-refractivity contribution in [3.05, 3.63) is 50.3 Å². The first-order chi connectivity index (χ1) is 12.5. The maximum atomic E-state index is 9.88. The van der Waals surface area contributed by atoms with Gasteiger partial charge >= 0.3 is 0 Å². The lowest BCUT2D eigenvalue weighted by atomic mass is 9.90. The number of hydrogen-bond acceptors (Lipinski definition) is 5. The smallest absolute Gasteiger partial charge is 0.141 e. The first-order valence-electron chi connectivity index (χ1n) is 8.93. The van der Waals surface area contributed by atoms with Gasteiger partial charge in [-0.3, -0.25) is 4.90 Å². The molecule has 1 aliphatic heterocycles. The monoisotopic (exact) mass is 484 g/mol. The SMILES string of the molecule is OCc1ccc(C2Nc3c(Br)cc(Br)cc3CN2C2CCC(O)CC2)o1. The van der Waals surface area contributed by atoms with Crippen molar-refractivity contribution in [3.63, 3.8) is 0 Å². The lowest BCUT2D eigenvalue weighted by molar-refractivity contribution is 0.0439. The summed E-state index contributed by atoms with van der Waals surface area (Å²) in [5.41, 5.74) is 2.30. The number of rotatable bonds is 3. The van der Waals surface area contributed by atoms with Gasteiger partial charge in [-0.25, -0.2) is 0 Å². The molecule has 3 N–H and O–H groups in total. The fraction of sp³-hybridized carbons (Fsp3) is 0.474. The molecule has 5 nitrogen and oxygen atoms in total. The van der Waals surface area contributed by atoms with Crippen molar-refractivity contribution < 1.29 is 14.6 Å². The van der Waals surface area contributed by atoms with E-state index in [-0.39, 0.29) is 18.9 Å². The van der Waals surface area contributed by atoms with Crippen LogP contribution in [0.1, 0.15) is 48.9 Å². The molecule has 2 aliphatic rings. The molecule has 1 fully saturated rings. The molecule has 1 aromatic carbocycles. The second-order valence-corrected chi connectivity index (χ2v) is 8.84. The second kappa shape index (κ2) is 7.64. The van der Waals surface area contributed by atoms with E-state index in [9.17, 15) is 10.2 Å². The van der Waals surface area contributed by atoms with Gasteiger partial charge in [0.2, 0.25) is 0 Å². The van der Waals surface area contributed by atoms with Gasteiger partial charge in [-0.2, -0.15) is 0 Å². The summed E-state index contributed by atoms with van der Waals surface area (Å²) in [4.78, 5) is 2.42. The van der Waals surface area contributed by atoms with E-state index in [2.05, 4.69) is 48.1 Å². The molecule has 1 atom stereocenters. The molecule has 1 aliphatic carbocycles. The van der Waals surface area contributed by atoms with Crippen LogP contribution in [-0.2, 0) is 13.2 Å². The topological polar surface area (TPSA) is 68.9 Å².